The van der Waals surface area contributed by atoms with E-state index >= 15 is 0 Å². The molecule has 0 aromatic heterocycles. The number of hydrogen-bond acceptors (Lipinski definition) is 3. The predicted octanol–water partition coefficient (Wildman–Crippen LogP) is 2.90. The van der Waals surface area contributed by atoms with E-state index in [9.17, 15) is 0 Å². The van der Waals surface area contributed by atoms with E-state index in [0.717, 1.165) is 38.3 Å². The summed E-state index contributed by atoms with van der Waals surface area (Å²) in [6.07, 6.45) is 8.03. The smallest absolute Gasteiger partial charge is 0.0547 e. The molecule has 1 atom stereocenters. The first-order chi connectivity index (χ1) is 9.65. The second-order valence-electron chi connectivity index (χ2n) is 7.31. The number of rotatable bonds is 7. The summed E-state index contributed by atoms with van der Waals surface area (Å²) in [4.78, 5) is 2.63. The molecule has 20 heavy (non-hydrogen) atoms. The SMILES string of the molecule is CCCNCC1(CN(C)C2CCC(C)CC2)CCOC1. The average Bonchev–Trinajstić information content (AvgIpc) is 2.88. The van der Waals surface area contributed by atoms with Crippen molar-refractivity contribution >= 4 is 0 Å². The molecule has 2 fully saturated rings. The Labute approximate surface area is 125 Å². The zero-order valence-electron chi connectivity index (χ0n) is 13.8. The van der Waals surface area contributed by atoms with E-state index in [1.54, 1.807) is 0 Å². The van der Waals surface area contributed by atoms with Crippen molar-refractivity contribution in [1.82, 2.24) is 10.2 Å². The molecule has 118 valence electrons. The van der Waals surface area contributed by atoms with Crippen LogP contribution in [0.1, 0.15) is 52.4 Å². The van der Waals surface area contributed by atoms with E-state index in [1.165, 1.54) is 45.1 Å². The van der Waals surface area contributed by atoms with Gasteiger partial charge in [0.05, 0.1) is 6.61 Å². The molecule has 0 bridgehead atoms. The molecule has 3 nitrogen and oxygen atoms in total. The van der Waals surface area contributed by atoms with Crippen LogP contribution >= 0.6 is 0 Å². The van der Waals surface area contributed by atoms with E-state index in [0.29, 0.717) is 5.41 Å². The minimum atomic E-state index is 0.354. The van der Waals surface area contributed by atoms with Crippen molar-refractivity contribution in [2.45, 2.75) is 58.4 Å². The van der Waals surface area contributed by atoms with Crippen LogP contribution < -0.4 is 5.32 Å². The maximum Gasteiger partial charge on any atom is 0.0547 e. The van der Waals surface area contributed by atoms with Gasteiger partial charge in [-0.1, -0.05) is 13.8 Å². The minimum absolute atomic E-state index is 0.354. The van der Waals surface area contributed by atoms with Crippen LogP contribution in [0.4, 0.5) is 0 Å². The van der Waals surface area contributed by atoms with Gasteiger partial charge in [-0.2, -0.15) is 0 Å². The summed E-state index contributed by atoms with van der Waals surface area (Å²) in [7, 11) is 2.33. The molecule has 0 aromatic rings. The fraction of sp³-hybridized carbons (Fsp3) is 1.00. The Morgan fingerprint density at radius 3 is 2.60 bits per heavy atom. The Bertz CT molecular complexity index is 268. The maximum absolute atomic E-state index is 5.73. The van der Waals surface area contributed by atoms with E-state index in [1.807, 2.05) is 0 Å². The molecular formula is C17H34N2O. The number of nitrogens with zero attached hydrogens (tertiary/aromatic N) is 1. The van der Waals surface area contributed by atoms with Crippen LogP contribution in [0.3, 0.4) is 0 Å². The van der Waals surface area contributed by atoms with Gasteiger partial charge in [-0.25, -0.2) is 0 Å². The van der Waals surface area contributed by atoms with Crippen LogP contribution in [0, 0.1) is 11.3 Å². The molecule has 1 unspecified atom stereocenters. The van der Waals surface area contributed by atoms with Gasteiger partial charge < -0.3 is 15.0 Å². The molecule has 3 heteroatoms. The lowest BCUT2D eigenvalue weighted by molar-refractivity contribution is 0.0839. The number of ether oxygens (including phenoxy) is 1. The summed E-state index contributed by atoms with van der Waals surface area (Å²) in [5.74, 6) is 0.939. The van der Waals surface area contributed by atoms with Crippen LogP contribution in [0.25, 0.3) is 0 Å². The zero-order chi connectivity index (χ0) is 14.4. The van der Waals surface area contributed by atoms with Crippen LogP contribution in [-0.4, -0.2) is 50.8 Å². The molecule has 1 aliphatic carbocycles. The summed E-state index contributed by atoms with van der Waals surface area (Å²) >= 11 is 0. The average molecular weight is 282 g/mol. The van der Waals surface area contributed by atoms with Crippen LogP contribution in [-0.2, 0) is 4.74 Å². The van der Waals surface area contributed by atoms with Gasteiger partial charge >= 0.3 is 0 Å². The summed E-state index contributed by atoms with van der Waals surface area (Å²) in [5.41, 5.74) is 0.354. The lowest BCUT2D eigenvalue weighted by Gasteiger charge is -2.39. The highest BCUT2D eigenvalue weighted by Gasteiger charge is 2.37. The van der Waals surface area contributed by atoms with Crippen LogP contribution in [0.2, 0.25) is 0 Å². The Morgan fingerprint density at radius 2 is 2.00 bits per heavy atom. The van der Waals surface area contributed by atoms with Crippen molar-refractivity contribution in [3.05, 3.63) is 0 Å². The number of nitrogens with one attached hydrogen (secondary N) is 1. The van der Waals surface area contributed by atoms with Crippen molar-refractivity contribution in [3.8, 4) is 0 Å². The van der Waals surface area contributed by atoms with Gasteiger partial charge in [0.25, 0.3) is 0 Å². The summed E-state index contributed by atoms with van der Waals surface area (Å²) in [6.45, 7) is 9.97. The quantitative estimate of drug-likeness (QED) is 0.727. The lowest BCUT2D eigenvalue weighted by atomic mass is 9.83. The van der Waals surface area contributed by atoms with Crippen LogP contribution in [0.5, 0.6) is 0 Å². The molecule has 2 aliphatic rings. The highest BCUT2D eigenvalue weighted by molar-refractivity contribution is 4.90. The third kappa shape index (κ3) is 4.44. The third-order valence-corrected chi connectivity index (χ3v) is 5.31. The molecule has 2 rings (SSSR count). The Balaban J connectivity index is 1.83. The van der Waals surface area contributed by atoms with Crippen molar-refractivity contribution in [3.63, 3.8) is 0 Å². The second-order valence-corrected chi connectivity index (χ2v) is 7.31. The second kappa shape index (κ2) is 7.77. The van der Waals surface area contributed by atoms with Crippen molar-refractivity contribution in [1.29, 1.82) is 0 Å². The zero-order valence-corrected chi connectivity index (χ0v) is 13.8. The highest BCUT2D eigenvalue weighted by Crippen LogP contribution is 2.32. The van der Waals surface area contributed by atoms with E-state index in [-0.39, 0.29) is 0 Å². The standard InChI is InChI=1S/C17H34N2O/c1-4-10-18-12-17(9-11-20-14-17)13-19(3)16-7-5-15(2)6-8-16/h15-16,18H,4-14H2,1-3H3. The molecule has 0 radical (unpaired) electrons. The maximum atomic E-state index is 5.73. The molecule has 1 heterocycles. The molecule has 0 amide bonds. The monoisotopic (exact) mass is 282 g/mol. The molecule has 1 N–H and O–H groups in total. The van der Waals surface area contributed by atoms with Gasteiger partial charge in [0.1, 0.15) is 0 Å². The van der Waals surface area contributed by atoms with Crippen LogP contribution in [0.15, 0.2) is 0 Å². The first kappa shape index (κ1) is 16.3. The fourth-order valence-electron chi connectivity index (χ4n) is 3.84. The Morgan fingerprint density at radius 1 is 1.25 bits per heavy atom. The Kier molecular flexibility index (Phi) is 6.31. The van der Waals surface area contributed by atoms with Gasteiger partial charge in [0.15, 0.2) is 0 Å². The van der Waals surface area contributed by atoms with Gasteiger partial charge in [0, 0.05) is 31.2 Å². The van der Waals surface area contributed by atoms with Gasteiger partial charge in [-0.05, 0) is 58.0 Å². The van der Waals surface area contributed by atoms with E-state index < -0.39 is 0 Å². The summed E-state index contributed by atoms with van der Waals surface area (Å²) in [6, 6.07) is 0.801. The van der Waals surface area contributed by atoms with Crippen molar-refractivity contribution in [2.75, 3.05) is 39.9 Å². The molecule has 1 aliphatic heterocycles. The number of hydrogen-bond donors (Lipinski definition) is 1. The normalized spacial score (nSPS) is 34.8. The molecule has 0 aromatic carbocycles. The molecule has 0 spiro atoms. The summed E-state index contributed by atoms with van der Waals surface area (Å²) in [5, 5.41) is 3.63. The first-order valence-corrected chi connectivity index (χ1v) is 8.64. The van der Waals surface area contributed by atoms with E-state index in [4.69, 9.17) is 4.74 Å². The topological polar surface area (TPSA) is 24.5 Å². The molecule has 1 saturated carbocycles. The minimum Gasteiger partial charge on any atom is -0.381 e. The molecule has 1 saturated heterocycles. The van der Waals surface area contributed by atoms with Crippen molar-refractivity contribution < 1.29 is 4.74 Å². The lowest BCUT2D eigenvalue weighted by Crippen LogP contribution is -2.47. The third-order valence-electron chi connectivity index (χ3n) is 5.31. The molecular weight excluding hydrogens is 248 g/mol. The van der Waals surface area contributed by atoms with E-state index in [2.05, 4.69) is 31.1 Å². The first-order valence-electron chi connectivity index (χ1n) is 8.64. The fourth-order valence-corrected chi connectivity index (χ4v) is 3.84. The van der Waals surface area contributed by atoms with Crippen molar-refractivity contribution in [2.24, 2.45) is 11.3 Å². The largest absolute Gasteiger partial charge is 0.381 e. The highest BCUT2D eigenvalue weighted by atomic mass is 16.5. The van der Waals surface area contributed by atoms with Gasteiger partial charge in [-0.3, -0.25) is 0 Å². The van der Waals surface area contributed by atoms with Gasteiger partial charge in [0.2, 0.25) is 0 Å². The summed E-state index contributed by atoms with van der Waals surface area (Å²) < 4.78 is 5.73. The Hall–Kier alpha value is -0.120. The predicted molar refractivity (Wildman–Crippen MR) is 85.1 cm³/mol. The van der Waals surface area contributed by atoms with Gasteiger partial charge in [-0.15, -0.1) is 0 Å².